The van der Waals surface area contributed by atoms with Crippen LogP contribution in [0.4, 0.5) is 21.9 Å². The van der Waals surface area contributed by atoms with Gasteiger partial charge in [-0.1, -0.05) is 37.3 Å². The van der Waals surface area contributed by atoms with E-state index in [1.54, 1.807) is 38.5 Å². The Morgan fingerprint density at radius 2 is 1.50 bits per heavy atom. The van der Waals surface area contributed by atoms with Crippen LogP contribution in [0.2, 0.25) is 0 Å². The minimum absolute atomic E-state index is 0.166. The van der Waals surface area contributed by atoms with Gasteiger partial charge in [-0.2, -0.15) is 0 Å². The van der Waals surface area contributed by atoms with Gasteiger partial charge in [0, 0.05) is 48.4 Å². The number of carbonyl (C=O) groups is 2. The number of hydrogen-bond donors (Lipinski definition) is 3. The third kappa shape index (κ3) is 6.76. The van der Waals surface area contributed by atoms with Crippen molar-refractivity contribution in [2.45, 2.75) is 32.7 Å². The average Bonchev–Trinajstić information content (AvgIpc) is 2.93. The lowest BCUT2D eigenvalue weighted by Crippen LogP contribution is -2.35. The molecule has 1 fully saturated rings. The van der Waals surface area contributed by atoms with Gasteiger partial charge in [-0.25, -0.2) is 4.79 Å². The van der Waals surface area contributed by atoms with Crippen LogP contribution in [0.5, 0.6) is 11.5 Å². The van der Waals surface area contributed by atoms with Gasteiger partial charge in [0.05, 0.1) is 25.8 Å². The zero-order valence-electron chi connectivity index (χ0n) is 22.4. The Morgan fingerprint density at radius 1 is 0.868 bits per heavy atom. The van der Waals surface area contributed by atoms with Crippen molar-refractivity contribution in [1.82, 2.24) is 5.32 Å². The molecule has 3 aromatic rings. The van der Waals surface area contributed by atoms with Crippen molar-refractivity contribution in [1.29, 1.82) is 0 Å². The minimum atomic E-state index is -0.441. The lowest BCUT2D eigenvalue weighted by Gasteiger charge is -2.33. The molecule has 1 unspecified atom stereocenters. The van der Waals surface area contributed by atoms with Gasteiger partial charge in [-0.05, 0) is 49.4 Å². The highest BCUT2D eigenvalue weighted by molar-refractivity contribution is 6.04. The number of amides is 3. The highest BCUT2D eigenvalue weighted by Gasteiger charge is 2.23. The van der Waals surface area contributed by atoms with Gasteiger partial charge in [-0.15, -0.1) is 0 Å². The number of hydrogen-bond acceptors (Lipinski definition) is 5. The standard InChI is InChI=1S/C30H36N4O4/c1-20-12-14-34(15-13-20)28-11-10-23(18-27(28)29(35)31-21(2)22-8-6-5-7-9-22)32-30(36)33-24-16-25(37-3)19-26(17-24)38-4/h5-11,16-21H,12-15H2,1-4H3,(H,31,35)(H2,32,33,36). The molecule has 1 heterocycles. The van der Waals surface area contributed by atoms with Crippen LogP contribution in [-0.2, 0) is 0 Å². The van der Waals surface area contributed by atoms with E-state index >= 15 is 0 Å². The van der Waals surface area contributed by atoms with E-state index in [1.807, 2.05) is 49.4 Å². The highest BCUT2D eigenvalue weighted by atomic mass is 16.5. The number of nitrogens with zero attached hydrogens (tertiary/aromatic N) is 1. The molecule has 0 aliphatic carbocycles. The average molecular weight is 517 g/mol. The minimum Gasteiger partial charge on any atom is -0.497 e. The molecule has 8 nitrogen and oxygen atoms in total. The number of piperidine rings is 1. The summed E-state index contributed by atoms with van der Waals surface area (Å²) < 4.78 is 10.6. The highest BCUT2D eigenvalue weighted by Crippen LogP contribution is 2.30. The van der Waals surface area contributed by atoms with Crippen molar-refractivity contribution in [2.24, 2.45) is 5.92 Å². The lowest BCUT2D eigenvalue weighted by molar-refractivity contribution is 0.0940. The Bertz CT molecular complexity index is 1230. The number of benzene rings is 3. The van der Waals surface area contributed by atoms with Gasteiger partial charge >= 0.3 is 6.03 Å². The molecule has 0 radical (unpaired) electrons. The van der Waals surface area contributed by atoms with Gasteiger partial charge in [0.15, 0.2) is 0 Å². The number of methoxy groups -OCH3 is 2. The van der Waals surface area contributed by atoms with E-state index in [-0.39, 0.29) is 11.9 Å². The molecule has 1 aliphatic heterocycles. The van der Waals surface area contributed by atoms with Gasteiger partial charge in [0.1, 0.15) is 11.5 Å². The summed E-state index contributed by atoms with van der Waals surface area (Å²) in [5.74, 6) is 1.61. The second kappa shape index (κ2) is 12.4. The van der Waals surface area contributed by atoms with E-state index < -0.39 is 6.03 Å². The fraction of sp³-hybridized carbons (Fsp3) is 0.333. The van der Waals surface area contributed by atoms with Crippen molar-refractivity contribution in [3.8, 4) is 11.5 Å². The third-order valence-electron chi connectivity index (χ3n) is 6.88. The van der Waals surface area contributed by atoms with Gasteiger partial charge in [0.25, 0.3) is 5.91 Å². The summed E-state index contributed by atoms with van der Waals surface area (Å²) in [5, 5.41) is 8.78. The van der Waals surface area contributed by atoms with Crippen molar-refractivity contribution in [3.05, 3.63) is 77.9 Å². The number of urea groups is 1. The topological polar surface area (TPSA) is 91.9 Å². The van der Waals surface area contributed by atoms with Crippen LogP contribution in [0.3, 0.4) is 0 Å². The number of anilines is 3. The van der Waals surface area contributed by atoms with Gasteiger partial charge < -0.3 is 30.3 Å². The molecule has 1 saturated heterocycles. The van der Waals surface area contributed by atoms with Crippen LogP contribution in [0.15, 0.2) is 66.7 Å². The fourth-order valence-corrected chi connectivity index (χ4v) is 4.59. The Hall–Kier alpha value is -4.20. The quantitative estimate of drug-likeness (QED) is 0.338. The molecule has 3 amide bonds. The van der Waals surface area contributed by atoms with Crippen LogP contribution in [-0.4, -0.2) is 39.2 Å². The van der Waals surface area contributed by atoms with E-state index in [9.17, 15) is 9.59 Å². The molecular formula is C30H36N4O4. The summed E-state index contributed by atoms with van der Waals surface area (Å²) in [7, 11) is 3.10. The molecule has 3 N–H and O–H groups in total. The first kappa shape index (κ1) is 26.9. The molecule has 0 spiro atoms. The monoisotopic (exact) mass is 516 g/mol. The van der Waals surface area contributed by atoms with E-state index in [2.05, 4.69) is 27.8 Å². The lowest BCUT2D eigenvalue weighted by atomic mass is 9.97. The summed E-state index contributed by atoms with van der Waals surface area (Å²) in [6, 6.07) is 19.9. The molecule has 0 aromatic heterocycles. The smallest absolute Gasteiger partial charge is 0.323 e. The van der Waals surface area contributed by atoms with Crippen molar-refractivity contribution in [3.63, 3.8) is 0 Å². The summed E-state index contributed by atoms with van der Waals surface area (Å²) in [6.45, 7) is 6.00. The molecular weight excluding hydrogens is 480 g/mol. The van der Waals surface area contributed by atoms with Crippen LogP contribution >= 0.6 is 0 Å². The van der Waals surface area contributed by atoms with E-state index in [1.165, 1.54) is 0 Å². The number of rotatable bonds is 8. The molecule has 1 atom stereocenters. The Kier molecular flexibility index (Phi) is 8.73. The largest absolute Gasteiger partial charge is 0.497 e. The summed E-state index contributed by atoms with van der Waals surface area (Å²) in [5.41, 5.74) is 3.47. The number of ether oxygens (including phenoxy) is 2. The number of nitrogens with one attached hydrogen (secondary N) is 3. The molecule has 200 valence electrons. The second-order valence-electron chi connectivity index (χ2n) is 9.69. The van der Waals surface area contributed by atoms with E-state index in [0.29, 0.717) is 34.4 Å². The number of carbonyl (C=O) groups excluding carboxylic acids is 2. The molecule has 0 saturated carbocycles. The zero-order valence-corrected chi connectivity index (χ0v) is 22.4. The molecule has 38 heavy (non-hydrogen) atoms. The summed E-state index contributed by atoms with van der Waals surface area (Å²) >= 11 is 0. The van der Waals surface area contributed by atoms with Gasteiger partial charge in [0.2, 0.25) is 0 Å². The van der Waals surface area contributed by atoms with Crippen molar-refractivity contribution in [2.75, 3.05) is 42.8 Å². The third-order valence-corrected chi connectivity index (χ3v) is 6.88. The zero-order chi connectivity index (χ0) is 27.1. The maximum atomic E-state index is 13.5. The van der Waals surface area contributed by atoms with E-state index in [4.69, 9.17) is 9.47 Å². The SMILES string of the molecule is COc1cc(NC(=O)Nc2ccc(N3CCC(C)CC3)c(C(=O)NC(C)c3ccccc3)c2)cc(OC)c1. The maximum absolute atomic E-state index is 13.5. The maximum Gasteiger partial charge on any atom is 0.323 e. The predicted octanol–water partition coefficient (Wildman–Crippen LogP) is 6.08. The van der Waals surface area contributed by atoms with Crippen LogP contribution in [0.25, 0.3) is 0 Å². The molecule has 1 aliphatic rings. The van der Waals surface area contributed by atoms with Crippen molar-refractivity contribution >= 4 is 29.0 Å². The van der Waals surface area contributed by atoms with Crippen LogP contribution < -0.4 is 30.3 Å². The first-order chi connectivity index (χ1) is 18.4. The predicted molar refractivity (Wildman–Crippen MR) is 152 cm³/mol. The molecule has 3 aromatic carbocycles. The molecule has 8 heteroatoms. The Morgan fingerprint density at radius 3 is 2.13 bits per heavy atom. The first-order valence-electron chi connectivity index (χ1n) is 12.9. The van der Waals surface area contributed by atoms with E-state index in [0.717, 1.165) is 37.2 Å². The molecule has 4 rings (SSSR count). The normalized spacial score (nSPS) is 14.4. The Labute approximate surface area is 224 Å². The first-order valence-corrected chi connectivity index (χ1v) is 12.9. The second-order valence-corrected chi connectivity index (χ2v) is 9.69. The van der Waals surface area contributed by atoms with Crippen LogP contribution in [0.1, 0.15) is 48.7 Å². The summed E-state index contributed by atoms with van der Waals surface area (Å²) in [6.07, 6.45) is 2.15. The van der Waals surface area contributed by atoms with Crippen LogP contribution in [0, 0.1) is 5.92 Å². The van der Waals surface area contributed by atoms with Gasteiger partial charge in [-0.3, -0.25) is 4.79 Å². The Balaban J connectivity index is 1.55. The molecule has 0 bridgehead atoms. The fourth-order valence-electron chi connectivity index (χ4n) is 4.59. The summed E-state index contributed by atoms with van der Waals surface area (Å²) in [4.78, 5) is 28.6. The van der Waals surface area contributed by atoms with Crippen molar-refractivity contribution < 1.29 is 19.1 Å².